The molecule has 3 rings (SSSR count). The van der Waals surface area contributed by atoms with E-state index in [1.54, 1.807) is 12.1 Å². The van der Waals surface area contributed by atoms with Crippen LogP contribution in [0, 0.1) is 5.82 Å². The largest absolute Gasteiger partial charge is 0.487 e. The Labute approximate surface area is 117 Å². The molecule has 0 N–H and O–H groups in total. The van der Waals surface area contributed by atoms with E-state index in [0.29, 0.717) is 17.4 Å². The van der Waals surface area contributed by atoms with Gasteiger partial charge in [0.15, 0.2) is 0 Å². The lowest BCUT2D eigenvalue weighted by molar-refractivity contribution is 0.112. The van der Waals surface area contributed by atoms with Gasteiger partial charge in [-0.05, 0) is 43.2 Å². The summed E-state index contributed by atoms with van der Waals surface area (Å²) in [6.45, 7) is 4.07. The molecule has 1 aliphatic heterocycles. The lowest BCUT2D eigenvalue weighted by atomic mass is 9.97. The summed E-state index contributed by atoms with van der Waals surface area (Å²) in [5.41, 5.74) is 2.53. The number of rotatable bonds is 2. The average molecular weight is 270 g/mol. The molecule has 0 spiro atoms. The summed E-state index contributed by atoms with van der Waals surface area (Å²) in [6, 6.07) is 10.2. The number of hydrogen-bond acceptors (Lipinski definition) is 2. The zero-order chi connectivity index (χ0) is 14.3. The number of benzene rings is 2. The van der Waals surface area contributed by atoms with Crippen molar-refractivity contribution in [2.45, 2.75) is 25.9 Å². The summed E-state index contributed by atoms with van der Waals surface area (Å²) in [5, 5.41) is 0. The van der Waals surface area contributed by atoms with Crippen molar-refractivity contribution < 1.29 is 13.9 Å². The van der Waals surface area contributed by atoms with E-state index in [1.807, 2.05) is 32.0 Å². The summed E-state index contributed by atoms with van der Waals surface area (Å²) in [6.07, 6.45) is 1.45. The Hall–Kier alpha value is -2.16. The molecule has 0 aromatic heterocycles. The zero-order valence-corrected chi connectivity index (χ0v) is 11.4. The fourth-order valence-electron chi connectivity index (χ4n) is 2.62. The van der Waals surface area contributed by atoms with E-state index in [0.717, 1.165) is 23.3 Å². The van der Waals surface area contributed by atoms with E-state index in [1.165, 1.54) is 6.07 Å². The first kappa shape index (κ1) is 12.9. The molecular formula is C17H15FO2. The van der Waals surface area contributed by atoms with Gasteiger partial charge in [0.1, 0.15) is 23.5 Å². The Bertz CT molecular complexity index is 689. The van der Waals surface area contributed by atoms with E-state index >= 15 is 0 Å². The second kappa shape index (κ2) is 4.44. The predicted octanol–water partition coefficient (Wildman–Crippen LogP) is 4.02. The number of hydrogen-bond donors (Lipinski definition) is 0. The van der Waals surface area contributed by atoms with Gasteiger partial charge in [-0.15, -0.1) is 0 Å². The van der Waals surface area contributed by atoms with Gasteiger partial charge in [0, 0.05) is 17.5 Å². The van der Waals surface area contributed by atoms with E-state index in [4.69, 9.17) is 4.74 Å². The van der Waals surface area contributed by atoms with Crippen LogP contribution in [-0.2, 0) is 6.42 Å². The first-order chi connectivity index (χ1) is 9.48. The average Bonchev–Trinajstić information content (AvgIpc) is 2.71. The molecule has 1 aliphatic rings. The molecule has 0 saturated heterocycles. The maximum absolute atomic E-state index is 14.0. The molecule has 2 nitrogen and oxygen atoms in total. The summed E-state index contributed by atoms with van der Waals surface area (Å²) in [4.78, 5) is 10.6. The van der Waals surface area contributed by atoms with Gasteiger partial charge in [0.25, 0.3) is 0 Å². The Balaban J connectivity index is 2.03. The smallest absolute Gasteiger partial charge is 0.150 e. The minimum absolute atomic E-state index is 0.207. The number of aldehydes is 1. The zero-order valence-electron chi connectivity index (χ0n) is 11.4. The Morgan fingerprint density at radius 2 is 2.00 bits per heavy atom. The normalized spacial score (nSPS) is 15.6. The van der Waals surface area contributed by atoms with Crippen molar-refractivity contribution in [3.05, 3.63) is 53.3 Å². The monoisotopic (exact) mass is 270 g/mol. The highest BCUT2D eigenvalue weighted by molar-refractivity contribution is 5.77. The molecule has 3 heteroatoms. The molecule has 0 saturated carbocycles. The van der Waals surface area contributed by atoms with Crippen LogP contribution in [0.5, 0.6) is 5.75 Å². The molecule has 0 amide bonds. The second-order valence-electron chi connectivity index (χ2n) is 5.72. The van der Waals surface area contributed by atoms with Crippen LogP contribution in [-0.4, -0.2) is 11.9 Å². The van der Waals surface area contributed by atoms with Crippen LogP contribution in [0.1, 0.15) is 29.8 Å². The van der Waals surface area contributed by atoms with Crippen LogP contribution >= 0.6 is 0 Å². The predicted molar refractivity (Wildman–Crippen MR) is 75.6 cm³/mol. The molecule has 1 heterocycles. The first-order valence-corrected chi connectivity index (χ1v) is 6.55. The SMILES string of the molecule is CC1(C)Cc2cc(-c3ccc(C=O)cc3F)ccc2O1. The minimum Gasteiger partial charge on any atom is -0.487 e. The Morgan fingerprint density at radius 1 is 1.20 bits per heavy atom. The first-order valence-electron chi connectivity index (χ1n) is 6.55. The van der Waals surface area contributed by atoms with Gasteiger partial charge in [-0.25, -0.2) is 4.39 Å². The van der Waals surface area contributed by atoms with Crippen molar-refractivity contribution in [1.29, 1.82) is 0 Å². The lowest BCUT2D eigenvalue weighted by Gasteiger charge is -2.16. The Morgan fingerprint density at radius 3 is 2.70 bits per heavy atom. The highest BCUT2D eigenvalue weighted by Crippen LogP contribution is 2.37. The van der Waals surface area contributed by atoms with Crippen LogP contribution in [0.25, 0.3) is 11.1 Å². The van der Waals surface area contributed by atoms with E-state index in [2.05, 4.69) is 0 Å². The van der Waals surface area contributed by atoms with Gasteiger partial charge in [-0.3, -0.25) is 4.79 Å². The van der Waals surface area contributed by atoms with Gasteiger partial charge >= 0.3 is 0 Å². The van der Waals surface area contributed by atoms with Crippen molar-refractivity contribution >= 4 is 6.29 Å². The van der Waals surface area contributed by atoms with Crippen molar-refractivity contribution in [1.82, 2.24) is 0 Å². The van der Waals surface area contributed by atoms with Gasteiger partial charge in [0.2, 0.25) is 0 Å². The minimum atomic E-state index is -0.382. The molecule has 20 heavy (non-hydrogen) atoms. The third kappa shape index (κ3) is 2.20. The molecular weight excluding hydrogens is 255 g/mol. The number of halogens is 1. The number of fused-ring (bicyclic) bond motifs is 1. The quantitative estimate of drug-likeness (QED) is 0.770. The van der Waals surface area contributed by atoms with Crippen LogP contribution in [0.3, 0.4) is 0 Å². The second-order valence-corrected chi connectivity index (χ2v) is 5.72. The molecule has 2 aromatic carbocycles. The highest BCUT2D eigenvalue weighted by Gasteiger charge is 2.30. The van der Waals surface area contributed by atoms with Crippen molar-refractivity contribution in [2.75, 3.05) is 0 Å². The highest BCUT2D eigenvalue weighted by atomic mass is 19.1. The topological polar surface area (TPSA) is 26.3 Å². The molecule has 0 atom stereocenters. The molecule has 0 fully saturated rings. The van der Waals surface area contributed by atoms with E-state index < -0.39 is 0 Å². The van der Waals surface area contributed by atoms with Gasteiger partial charge in [-0.2, -0.15) is 0 Å². The molecule has 0 aliphatic carbocycles. The van der Waals surface area contributed by atoms with Crippen LogP contribution in [0.4, 0.5) is 4.39 Å². The number of carbonyl (C=O) groups is 1. The third-order valence-electron chi connectivity index (χ3n) is 3.50. The van der Waals surface area contributed by atoms with Crippen molar-refractivity contribution in [2.24, 2.45) is 0 Å². The maximum Gasteiger partial charge on any atom is 0.150 e. The molecule has 0 radical (unpaired) electrons. The summed E-state index contributed by atoms with van der Waals surface area (Å²) < 4.78 is 19.8. The van der Waals surface area contributed by atoms with Crippen LogP contribution in [0.2, 0.25) is 0 Å². The molecule has 0 unspecified atom stereocenters. The fraction of sp³-hybridized carbons (Fsp3) is 0.235. The van der Waals surface area contributed by atoms with Crippen LogP contribution in [0.15, 0.2) is 36.4 Å². The summed E-state index contributed by atoms with van der Waals surface area (Å²) >= 11 is 0. The molecule has 2 aromatic rings. The van der Waals surface area contributed by atoms with Crippen LogP contribution < -0.4 is 4.74 Å². The number of carbonyl (C=O) groups excluding carboxylic acids is 1. The number of ether oxygens (including phenoxy) is 1. The van der Waals surface area contributed by atoms with Gasteiger partial charge in [0.05, 0.1) is 0 Å². The van der Waals surface area contributed by atoms with Crippen molar-refractivity contribution in [3.63, 3.8) is 0 Å². The maximum atomic E-state index is 14.0. The van der Waals surface area contributed by atoms with E-state index in [-0.39, 0.29) is 11.4 Å². The fourth-order valence-corrected chi connectivity index (χ4v) is 2.62. The van der Waals surface area contributed by atoms with E-state index in [9.17, 15) is 9.18 Å². The molecule has 102 valence electrons. The molecule has 0 bridgehead atoms. The van der Waals surface area contributed by atoms with Gasteiger partial charge in [-0.1, -0.05) is 18.2 Å². The standard InChI is InChI=1S/C17H15FO2/c1-17(2)9-13-8-12(4-6-16(13)20-17)14-5-3-11(10-19)7-15(14)18/h3-8,10H,9H2,1-2H3. The van der Waals surface area contributed by atoms with Gasteiger partial charge < -0.3 is 4.74 Å². The third-order valence-corrected chi connectivity index (χ3v) is 3.50. The lowest BCUT2D eigenvalue weighted by Crippen LogP contribution is -2.24. The summed E-state index contributed by atoms with van der Waals surface area (Å²) in [7, 11) is 0. The Kier molecular flexibility index (Phi) is 2.85. The summed E-state index contributed by atoms with van der Waals surface area (Å²) in [5.74, 6) is 0.483. The van der Waals surface area contributed by atoms with Crippen molar-refractivity contribution in [3.8, 4) is 16.9 Å².